The molecule has 0 aliphatic carbocycles. The minimum absolute atomic E-state index is 0.000132. The number of ether oxygens (including phenoxy) is 1. The summed E-state index contributed by atoms with van der Waals surface area (Å²) in [5.74, 6) is -0.566. The molecule has 0 radical (unpaired) electrons. The highest BCUT2D eigenvalue weighted by Crippen LogP contribution is 2.04. The second-order valence-electron chi connectivity index (χ2n) is 3.68. The number of hydrogen-bond acceptors (Lipinski definition) is 4. The van der Waals surface area contributed by atoms with Crippen LogP contribution in [0.15, 0.2) is 30.3 Å². The minimum atomic E-state index is -0.731. The molecule has 1 aromatic rings. The van der Waals surface area contributed by atoms with Crippen LogP contribution in [0.5, 0.6) is 0 Å². The fraction of sp³-hybridized carbons (Fsp3) is 0.308. The molecule has 0 heterocycles. The number of rotatable bonds is 5. The Kier molecular flexibility index (Phi) is 6.08. The highest BCUT2D eigenvalue weighted by Gasteiger charge is 2.09. The topological polar surface area (TPSA) is 84.5 Å². The summed E-state index contributed by atoms with van der Waals surface area (Å²) in [5, 5.41) is 0. The molecule has 6 heteroatoms. The van der Waals surface area contributed by atoms with Crippen molar-refractivity contribution in [1.29, 1.82) is 0 Å². The Morgan fingerprint density at radius 1 is 1.05 bits per heavy atom. The fourth-order valence-corrected chi connectivity index (χ4v) is 1.35. The van der Waals surface area contributed by atoms with E-state index in [9.17, 15) is 14.4 Å². The third kappa shape index (κ3) is 5.67. The van der Waals surface area contributed by atoms with Gasteiger partial charge in [0.25, 0.3) is 0 Å². The molecular weight excluding hydrogens is 248 g/mol. The summed E-state index contributed by atoms with van der Waals surface area (Å²) in [7, 11) is 0. The molecule has 19 heavy (non-hydrogen) atoms. The normalized spacial score (nSPS) is 9.53. The zero-order valence-electron chi connectivity index (χ0n) is 10.6. The van der Waals surface area contributed by atoms with Crippen molar-refractivity contribution in [2.24, 2.45) is 0 Å². The van der Waals surface area contributed by atoms with Gasteiger partial charge >= 0.3 is 6.09 Å². The number of hydrogen-bond donors (Lipinski definition) is 2. The van der Waals surface area contributed by atoms with Crippen LogP contribution in [-0.4, -0.2) is 24.4 Å². The van der Waals surface area contributed by atoms with E-state index in [1.54, 1.807) is 31.2 Å². The quantitative estimate of drug-likeness (QED) is 0.622. The van der Waals surface area contributed by atoms with Gasteiger partial charge < -0.3 is 4.74 Å². The van der Waals surface area contributed by atoms with Gasteiger partial charge in [-0.3, -0.25) is 15.0 Å². The van der Waals surface area contributed by atoms with E-state index in [1.165, 1.54) is 0 Å². The molecule has 6 nitrogen and oxygen atoms in total. The zero-order chi connectivity index (χ0) is 14.1. The minimum Gasteiger partial charge on any atom is -0.449 e. The van der Waals surface area contributed by atoms with E-state index < -0.39 is 12.0 Å². The fourth-order valence-electron chi connectivity index (χ4n) is 1.35. The summed E-state index contributed by atoms with van der Waals surface area (Å²) in [6.45, 7) is 1.87. The molecule has 0 fully saturated rings. The summed E-state index contributed by atoms with van der Waals surface area (Å²) in [5.41, 5.74) is 4.80. The second kappa shape index (κ2) is 7.86. The van der Waals surface area contributed by atoms with Crippen LogP contribution < -0.4 is 10.9 Å². The number of ketones is 1. The van der Waals surface area contributed by atoms with Gasteiger partial charge in [-0.2, -0.15) is 0 Å². The summed E-state index contributed by atoms with van der Waals surface area (Å²) in [4.78, 5) is 33.9. The van der Waals surface area contributed by atoms with E-state index in [0.717, 1.165) is 0 Å². The lowest BCUT2D eigenvalue weighted by Crippen LogP contribution is -2.41. The Morgan fingerprint density at radius 2 is 1.74 bits per heavy atom. The molecule has 0 saturated carbocycles. The molecule has 1 aromatic carbocycles. The first-order chi connectivity index (χ1) is 9.13. The molecule has 0 unspecified atom stereocenters. The maximum absolute atomic E-state index is 11.7. The standard InChI is InChI=1S/C13H16N2O4/c1-2-19-13(18)15-14-12(17)9-8-11(16)10-6-4-3-5-7-10/h3-7H,2,8-9H2,1H3,(H,14,17)(H,15,18). The Hall–Kier alpha value is -2.37. The van der Waals surface area contributed by atoms with Crippen LogP contribution >= 0.6 is 0 Å². The number of Topliss-reactive ketones (excluding diaryl/α,β-unsaturated/α-hetero) is 1. The Balaban J connectivity index is 2.27. The lowest BCUT2D eigenvalue weighted by Gasteiger charge is -2.06. The van der Waals surface area contributed by atoms with Crippen LogP contribution in [0.2, 0.25) is 0 Å². The first-order valence-corrected chi connectivity index (χ1v) is 5.93. The molecule has 102 valence electrons. The number of hydrazine groups is 1. The summed E-state index contributed by atoms with van der Waals surface area (Å²) in [6.07, 6.45) is -0.647. The Morgan fingerprint density at radius 3 is 2.37 bits per heavy atom. The number of carbonyl (C=O) groups is 3. The third-order valence-corrected chi connectivity index (χ3v) is 2.25. The van der Waals surface area contributed by atoms with E-state index in [-0.39, 0.29) is 25.2 Å². The van der Waals surface area contributed by atoms with Gasteiger partial charge in [-0.1, -0.05) is 30.3 Å². The van der Waals surface area contributed by atoms with Crippen LogP contribution in [0.1, 0.15) is 30.1 Å². The smallest absolute Gasteiger partial charge is 0.426 e. The average Bonchev–Trinajstić information content (AvgIpc) is 2.44. The van der Waals surface area contributed by atoms with Gasteiger partial charge in [0.1, 0.15) is 0 Å². The maximum atomic E-state index is 11.7. The van der Waals surface area contributed by atoms with Crippen molar-refractivity contribution in [3.8, 4) is 0 Å². The lowest BCUT2D eigenvalue weighted by atomic mass is 10.1. The molecule has 0 bridgehead atoms. The van der Waals surface area contributed by atoms with Gasteiger partial charge in [0, 0.05) is 18.4 Å². The number of nitrogens with one attached hydrogen (secondary N) is 2. The summed E-state index contributed by atoms with van der Waals surface area (Å²) >= 11 is 0. The highest BCUT2D eigenvalue weighted by molar-refractivity contribution is 5.97. The van der Waals surface area contributed by atoms with Crippen LogP contribution in [-0.2, 0) is 9.53 Å². The molecule has 0 aliphatic heterocycles. The van der Waals surface area contributed by atoms with Crippen molar-refractivity contribution in [1.82, 2.24) is 10.9 Å². The van der Waals surface area contributed by atoms with Gasteiger partial charge in [0.2, 0.25) is 5.91 Å². The number of benzene rings is 1. The molecular formula is C13H16N2O4. The molecule has 0 atom stereocenters. The molecule has 0 aromatic heterocycles. The average molecular weight is 264 g/mol. The van der Waals surface area contributed by atoms with E-state index in [4.69, 9.17) is 0 Å². The predicted octanol–water partition coefficient (Wildman–Crippen LogP) is 1.43. The van der Waals surface area contributed by atoms with E-state index in [1.807, 2.05) is 6.07 Å². The summed E-state index contributed by atoms with van der Waals surface area (Å²) < 4.78 is 4.56. The lowest BCUT2D eigenvalue weighted by molar-refractivity contribution is -0.121. The van der Waals surface area contributed by atoms with Crippen LogP contribution in [0.3, 0.4) is 0 Å². The number of carbonyl (C=O) groups excluding carboxylic acids is 3. The molecule has 1 rings (SSSR count). The highest BCUT2D eigenvalue weighted by atomic mass is 16.5. The van der Waals surface area contributed by atoms with Gasteiger partial charge in [-0.15, -0.1) is 0 Å². The first kappa shape index (κ1) is 14.7. The van der Waals surface area contributed by atoms with Crippen LogP contribution in [0.25, 0.3) is 0 Å². The van der Waals surface area contributed by atoms with Crippen LogP contribution in [0.4, 0.5) is 4.79 Å². The third-order valence-electron chi connectivity index (χ3n) is 2.25. The predicted molar refractivity (Wildman–Crippen MR) is 68.3 cm³/mol. The van der Waals surface area contributed by atoms with Crippen molar-refractivity contribution in [3.63, 3.8) is 0 Å². The second-order valence-corrected chi connectivity index (χ2v) is 3.68. The van der Waals surface area contributed by atoms with Crippen molar-refractivity contribution in [3.05, 3.63) is 35.9 Å². The van der Waals surface area contributed by atoms with Gasteiger partial charge in [0.05, 0.1) is 6.61 Å². The molecule has 0 saturated heterocycles. The largest absolute Gasteiger partial charge is 0.449 e. The van der Waals surface area contributed by atoms with Gasteiger partial charge in [-0.25, -0.2) is 10.2 Å². The first-order valence-electron chi connectivity index (χ1n) is 5.93. The SMILES string of the molecule is CCOC(=O)NNC(=O)CCC(=O)c1ccccc1. The molecule has 0 spiro atoms. The van der Waals surface area contributed by atoms with Crippen molar-refractivity contribution < 1.29 is 19.1 Å². The maximum Gasteiger partial charge on any atom is 0.426 e. The van der Waals surface area contributed by atoms with Crippen molar-refractivity contribution in [2.75, 3.05) is 6.61 Å². The zero-order valence-corrected chi connectivity index (χ0v) is 10.6. The Bertz CT molecular complexity index is 445. The Labute approximate surface area is 111 Å². The van der Waals surface area contributed by atoms with E-state index in [2.05, 4.69) is 15.6 Å². The van der Waals surface area contributed by atoms with Gasteiger partial charge in [0.15, 0.2) is 5.78 Å². The monoisotopic (exact) mass is 264 g/mol. The van der Waals surface area contributed by atoms with E-state index >= 15 is 0 Å². The van der Waals surface area contributed by atoms with Crippen molar-refractivity contribution >= 4 is 17.8 Å². The van der Waals surface area contributed by atoms with E-state index in [0.29, 0.717) is 5.56 Å². The molecule has 0 aliphatic rings. The number of amides is 2. The van der Waals surface area contributed by atoms with Gasteiger partial charge in [-0.05, 0) is 6.92 Å². The molecule has 2 amide bonds. The summed E-state index contributed by atoms with van der Waals surface area (Å²) in [6, 6.07) is 8.71. The van der Waals surface area contributed by atoms with Crippen LogP contribution in [0, 0.1) is 0 Å². The molecule has 2 N–H and O–H groups in total. The van der Waals surface area contributed by atoms with Crippen molar-refractivity contribution in [2.45, 2.75) is 19.8 Å².